The third-order valence-electron chi connectivity index (χ3n) is 3.06. The van der Waals surface area contributed by atoms with Crippen molar-refractivity contribution in [3.05, 3.63) is 24.5 Å². The van der Waals surface area contributed by atoms with Crippen LogP contribution in [0, 0.1) is 0 Å². The maximum absolute atomic E-state index is 12.0. The minimum absolute atomic E-state index is 0.247. The molecule has 1 aromatic heterocycles. The Hall–Kier alpha value is -1.91. The van der Waals surface area contributed by atoms with Gasteiger partial charge in [-0.25, -0.2) is 4.79 Å². The van der Waals surface area contributed by atoms with Crippen LogP contribution in [0.3, 0.4) is 0 Å². The first-order valence-corrected chi connectivity index (χ1v) is 6.84. The monoisotopic (exact) mass is 278 g/mol. The molecule has 2 heterocycles. The van der Waals surface area contributed by atoms with E-state index in [1.165, 1.54) is 0 Å². The Bertz CT molecular complexity index is 480. The number of rotatable bonds is 2. The van der Waals surface area contributed by atoms with Gasteiger partial charge in [-0.15, -0.1) is 0 Å². The van der Waals surface area contributed by atoms with Crippen molar-refractivity contribution < 1.29 is 13.9 Å². The van der Waals surface area contributed by atoms with Crippen molar-refractivity contribution in [3.8, 4) is 0 Å². The van der Waals surface area contributed by atoms with Crippen LogP contribution in [0.15, 0.2) is 23.1 Å². The van der Waals surface area contributed by atoms with Crippen LogP contribution in [-0.4, -0.2) is 42.8 Å². The molecule has 5 heteroatoms. The van der Waals surface area contributed by atoms with Crippen molar-refractivity contribution in [1.29, 1.82) is 0 Å². The van der Waals surface area contributed by atoms with Gasteiger partial charge in [0.15, 0.2) is 5.88 Å². The van der Waals surface area contributed by atoms with Gasteiger partial charge in [0, 0.05) is 32.2 Å². The van der Waals surface area contributed by atoms with Crippen LogP contribution >= 0.6 is 0 Å². The zero-order valence-corrected chi connectivity index (χ0v) is 12.4. The normalized spacial score (nSPS) is 16.1. The van der Waals surface area contributed by atoms with Crippen molar-refractivity contribution in [2.24, 2.45) is 0 Å². The van der Waals surface area contributed by atoms with Gasteiger partial charge in [-0.1, -0.05) is 6.58 Å². The largest absolute Gasteiger partial charge is 0.444 e. The summed E-state index contributed by atoms with van der Waals surface area (Å²) in [4.78, 5) is 15.8. The highest BCUT2D eigenvalue weighted by atomic mass is 16.6. The number of carbonyl (C=O) groups is 1. The van der Waals surface area contributed by atoms with Gasteiger partial charge in [-0.05, 0) is 32.9 Å². The van der Waals surface area contributed by atoms with Crippen LogP contribution < -0.4 is 4.90 Å². The fourth-order valence-corrected chi connectivity index (χ4v) is 2.06. The highest BCUT2D eigenvalue weighted by Gasteiger charge is 2.26. The van der Waals surface area contributed by atoms with E-state index >= 15 is 0 Å². The first-order valence-electron chi connectivity index (χ1n) is 6.84. The summed E-state index contributed by atoms with van der Waals surface area (Å²) < 4.78 is 11.0. The highest BCUT2D eigenvalue weighted by molar-refractivity contribution is 5.68. The molecule has 1 saturated heterocycles. The predicted molar refractivity (Wildman–Crippen MR) is 78.8 cm³/mol. The number of nitrogens with zero attached hydrogens (tertiary/aromatic N) is 2. The summed E-state index contributed by atoms with van der Waals surface area (Å²) in [6, 6.07) is 3.82. The van der Waals surface area contributed by atoms with Gasteiger partial charge in [0.1, 0.15) is 11.4 Å². The van der Waals surface area contributed by atoms with Crippen molar-refractivity contribution in [1.82, 2.24) is 4.90 Å². The van der Waals surface area contributed by atoms with Gasteiger partial charge in [-0.3, -0.25) is 0 Å². The maximum Gasteiger partial charge on any atom is 0.410 e. The average molecular weight is 278 g/mol. The third kappa shape index (κ3) is 3.56. The Balaban J connectivity index is 1.89. The van der Waals surface area contributed by atoms with Gasteiger partial charge in [0.05, 0.1) is 0 Å². The summed E-state index contributed by atoms with van der Waals surface area (Å²) in [6.07, 6.45) is 1.43. The Kier molecular flexibility index (Phi) is 4.06. The Morgan fingerprint density at radius 2 is 1.95 bits per heavy atom. The van der Waals surface area contributed by atoms with Crippen molar-refractivity contribution >= 4 is 18.1 Å². The number of hydrogen-bond donors (Lipinski definition) is 0. The van der Waals surface area contributed by atoms with E-state index in [4.69, 9.17) is 9.15 Å². The second-order valence-electron chi connectivity index (χ2n) is 5.83. The molecule has 1 aliphatic rings. The number of carbonyl (C=O) groups excluding carboxylic acids is 1. The van der Waals surface area contributed by atoms with E-state index in [0.29, 0.717) is 13.1 Å². The molecule has 0 saturated carbocycles. The minimum Gasteiger partial charge on any atom is -0.444 e. The molecule has 0 N–H and O–H groups in total. The molecule has 1 aliphatic heterocycles. The number of amides is 1. The SMILES string of the molecule is C=Cc1ccc(N2CCN(C(=O)OC(C)(C)C)CC2)o1. The molecule has 0 bridgehead atoms. The standard InChI is InChI=1S/C15H22N2O3/c1-5-12-6-7-13(19-12)16-8-10-17(11-9-16)14(18)20-15(2,3)4/h5-7H,1,8-11H2,2-4H3. The fourth-order valence-electron chi connectivity index (χ4n) is 2.06. The van der Waals surface area contributed by atoms with E-state index in [0.717, 1.165) is 24.7 Å². The molecular formula is C15H22N2O3. The summed E-state index contributed by atoms with van der Waals surface area (Å²) in [6.45, 7) is 12.1. The molecule has 0 unspecified atom stereocenters. The second-order valence-corrected chi connectivity index (χ2v) is 5.83. The molecular weight excluding hydrogens is 256 g/mol. The summed E-state index contributed by atoms with van der Waals surface area (Å²) in [5.41, 5.74) is -0.450. The fraction of sp³-hybridized carbons (Fsp3) is 0.533. The lowest BCUT2D eigenvalue weighted by Crippen LogP contribution is -2.50. The van der Waals surface area contributed by atoms with Crippen molar-refractivity contribution in [2.75, 3.05) is 31.1 Å². The summed E-state index contributed by atoms with van der Waals surface area (Å²) >= 11 is 0. The third-order valence-corrected chi connectivity index (χ3v) is 3.06. The summed E-state index contributed by atoms with van der Waals surface area (Å²) in [5.74, 6) is 1.58. The zero-order valence-electron chi connectivity index (χ0n) is 12.4. The molecule has 0 aromatic carbocycles. The lowest BCUT2D eigenvalue weighted by Gasteiger charge is -2.35. The molecule has 110 valence electrons. The van der Waals surface area contributed by atoms with E-state index in [1.54, 1.807) is 11.0 Å². The second kappa shape index (κ2) is 5.61. The molecule has 0 radical (unpaired) electrons. The van der Waals surface area contributed by atoms with E-state index in [9.17, 15) is 4.79 Å². The minimum atomic E-state index is -0.450. The van der Waals surface area contributed by atoms with Gasteiger partial charge in [-0.2, -0.15) is 0 Å². The smallest absolute Gasteiger partial charge is 0.410 e. The van der Waals surface area contributed by atoms with Gasteiger partial charge >= 0.3 is 6.09 Å². The molecule has 2 rings (SSSR count). The number of hydrogen-bond acceptors (Lipinski definition) is 4. The van der Waals surface area contributed by atoms with Crippen LogP contribution in [-0.2, 0) is 4.74 Å². The molecule has 0 atom stereocenters. The van der Waals surface area contributed by atoms with Gasteiger partial charge < -0.3 is 19.0 Å². The van der Waals surface area contributed by atoms with Gasteiger partial charge in [0.2, 0.25) is 0 Å². The molecule has 1 aromatic rings. The Morgan fingerprint density at radius 1 is 1.30 bits per heavy atom. The average Bonchev–Trinajstić information content (AvgIpc) is 2.85. The Morgan fingerprint density at radius 3 is 2.45 bits per heavy atom. The quantitative estimate of drug-likeness (QED) is 0.834. The van der Waals surface area contributed by atoms with Gasteiger partial charge in [0.25, 0.3) is 0 Å². The molecule has 1 amide bonds. The molecule has 1 fully saturated rings. The number of anilines is 1. The molecule has 0 aliphatic carbocycles. The van der Waals surface area contributed by atoms with Crippen LogP contribution in [0.2, 0.25) is 0 Å². The van der Waals surface area contributed by atoms with E-state index in [1.807, 2.05) is 32.9 Å². The molecule has 5 nitrogen and oxygen atoms in total. The van der Waals surface area contributed by atoms with Crippen LogP contribution in [0.1, 0.15) is 26.5 Å². The number of furan rings is 1. The van der Waals surface area contributed by atoms with Crippen molar-refractivity contribution in [2.45, 2.75) is 26.4 Å². The lowest BCUT2D eigenvalue weighted by atomic mass is 10.2. The van der Waals surface area contributed by atoms with E-state index in [2.05, 4.69) is 11.5 Å². The van der Waals surface area contributed by atoms with Crippen LogP contribution in [0.4, 0.5) is 10.7 Å². The van der Waals surface area contributed by atoms with E-state index < -0.39 is 5.60 Å². The molecule has 0 spiro atoms. The summed E-state index contributed by atoms with van der Waals surface area (Å²) in [5, 5.41) is 0. The van der Waals surface area contributed by atoms with Crippen LogP contribution in [0.25, 0.3) is 6.08 Å². The molecule has 20 heavy (non-hydrogen) atoms. The van der Waals surface area contributed by atoms with E-state index in [-0.39, 0.29) is 6.09 Å². The van der Waals surface area contributed by atoms with Crippen LogP contribution in [0.5, 0.6) is 0 Å². The maximum atomic E-state index is 12.0. The topological polar surface area (TPSA) is 45.9 Å². The highest BCUT2D eigenvalue weighted by Crippen LogP contribution is 2.21. The van der Waals surface area contributed by atoms with Crippen molar-refractivity contribution in [3.63, 3.8) is 0 Å². The zero-order chi connectivity index (χ0) is 14.8. The first kappa shape index (κ1) is 14.5. The number of ether oxygens (including phenoxy) is 1. The predicted octanol–water partition coefficient (Wildman–Crippen LogP) is 2.98. The Labute approximate surface area is 119 Å². The first-order chi connectivity index (χ1) is 9.39. The lowest BCUT2D eigenvalue weighted by molar-refractivity contribution is 0.0239. The number of piperazine rings is 1. The summed E-state index contributed by atoms with van der Waals surface area (Å²) in [7, 11) is 0.